The maximum Gasteiger partial charge on any atom is 0.320 e. The number of urea groups is 1. The van der Waals surface area contributed by atoms with Gasteiger partial charge >= 0.3 is 6.03 Å². The van der Waals surface area contributed by atoms with Crippen LogP contribution < -0.4 is 10.6 Å². The first-order valence-corrected chi connectivity index (χ1v) is 8.79. The average molecular weight is 308 g/mol. The van der Waals surface area contributed by atoms with Gasteiger partial charge in [0.25, 0.3) is 0 Å². The van der Waals surface area contributed by atoms with Crippen molar-refractivity contribution in [2.24, 2.45) is 5.92 Å². The van der Waals surface area contributed by atoms with Crippen LogP contribution in [0.15, 0.2) is 0 Å². The molecule has 6 heteroatoms. The number of carbonyl (C=O) groups excluding carboxylic acids is 2. The van der Waals surface area contributed by atoms with E-state index in [4.69, 9.17) is 0 Å². The summed E-state index contributed by atoms with van der Waals surface area (Å²) in [6.45, 7) is 5.05. The third kappa shape index (κ3) is 3.72. The van der Waals surface area contributed by atoms with Gasteiger partial charge in [-0.25, -0.2) is 4.79 Å². The minimum absolute atomic E-state index is 0.0396. The highest BCUT2D eigenvalue weighted by Crippen LogP contribution is 2.20. The van der Waals surface area contributed by atoms with Crippen LogP contribution in [0.5, 0.6) is 0 Å². The third-order valence-corrected chi connectivity index (χ3v) is 5.08. The molecule has 0 aromatic rings. The number of carbonyl (C=O) groups is 2. The minimum Gasteiger partial charge on any atom is -0.352 e. The van der Waals surface area contributed by atoms with E-state index in [0.717, 1.165) is 71.2 Å². The second-order valence-corrected chi connectivity index (χ2v) is 6.81. The fraction of sp³-hybridized carbons (Fsp3) is 0.875. The van der Waals surface area contributed by atoms with E-state index in [1.165, 1.54) is 0 Å². The Morgan fingerprint density at radius 2 is 1.73 bits per heavy atom. The molecule has 0 aromatic carbocycles. The first kappa shape index (κ1) is 15.6. The van der Waals surface area contributed by atoms with Gasteiger partial charge in [-0.2, -0.15) is 0 Å². The number of piperidine rings is 2. The fourth-order valence-electron chi connectivity index (χ4n) is 3.77. The molecule has 2 N–H and O–H groups in total. The van der Waals surface area contributed by atoms with Gasteiger partial charge < -0.3 is 20.4 Å². The molecule has 6 nitrogen and oxygen atoms in total. The molecule has 124 valence electrons. The molecule has 0 radical (unpaired) electrons. The summed E-state index contributed by atoms with van der Waals surface area (Å²) in [5, 5.41) is 6.49. The molecule has 3 aliphatic rings. The molecular weight excluding hydrogens is 280 g/mol. The van der Waals surface area contributed by atoms with Crippen molar-refractivity contribution in [1.82, 2.24) is 20.4 Å². The predicted molar refractivity (Wildman–Crippen MR) is 84.5 cm³/mol. The Hall–Kier alpha value is -1.30. The summed E-state index contributed by atoms with van der Waals surface area (Å²) in [4.78, 5) is 28.8. The molecule has 3 saturated heterocycles. The number of nitrogens with zero attached hydrogens (tertiary/aromatic N) is 2. The van der Waals surface area contributed by atoms with Crippen LogP contribution in [-0.4, -0.2) is 67.0 Å². The van der Waals surface area contributed by atoms with Crippen LogP contribution in [0.2, 0.25) is 0 Å². The predicted octanol–water partition coefficient (Wildman–Crippen LogP) is 0.782. The Labute approximate surface area is 132 Å². The largest absolute Gasteiger partial charge is 0.352 e. The van der Waals surface area contributed by atoms with Crippen molar-refractivity contribution in [2.45, 2.75) is 44.6 Å². The molecule has 0 aliphatic carbocycles. The van der Waals surface area contributed by atoms with E-state index < -0.39 is 0 Å². The normalized spacial score (nSPS) is 29.5. The summed E-state index contributed by atoms with van der Waals surface area (Å²) in [6, 6.07) is 0.389. The van der Waals surface area contributed by atoms with E-state index in [2.05, 4.69) is 10.6 Å². The lowest BCUT2D eigenvalue weighted by Gasteiger charge is -2.35. The number of rotatable bonds is 2. The maximum atomic E-state index is 12.5. The van der Waals surface area contributed by atoms with E-state index in [9.17, 15) is 9.59 Å². The summed E-state index contributed by atoms with van der Waals surface area (Å²) < 4.78 is 0. The first-order chi connectivity index (χ1) is 10.7. The molecule has 1 unspecified atom stereocenters. The molecule has 3 amide bonds. The molecule has 3 rings (SSSR count). The Balaban J connectivity index is 1.50. The number of nitrogens with one attached hydrogen (secondary N) is 2. The summed E-state index contributed by atoms with van der Waals surface area (Å²) in [5.74, 6) is 0.0925. The van der Waals surface area contributed by atoms with Gasteiger partial charge in [0.1, 0.15) is 0 Å². The molecular formula is C16H28N4O2. The minimum atomic E-state index is -0.0396. The van der Waals surface area contributed by atoms with E-state index in [1.807, 2.05) is 9.80 Å². The van der Waals surface area contributed by atoms with Crippen molar-refractivity contribution in [3.63, 3.8) is 0 Å². The van der Waals surface area contributed by atoms with Gasteiger partial charge in [-0.1, -0.05) is 0 Å². The second-order valence-electron chi connectivity index (χ2n) is 6.81. The molecule has 22 heavy (non-hydrogen) atoms. The number of likely N-dealkylation sites (tertiary alicyclic amines) is 2. The van der Waals surface area contributed by atoms with Crippen molar-refractivity contribution in [1.29, 1.82) is 0 Å². The van der Waals surface area contributed by atoms with Crippen LogP contribution in [0, 0.1) is 5.92 Å². The van der Waals surface area contributed by atoms with E-state index in [-0.39, 0.29) is 23.9 Å². The Bertz CT molecular complexity index is 403. The highest BCUT2D eigenvalue weighted by atomic mass is 16.2. The van der Waals surface area contributed by atoms with E-state index in [1.54, 1.807) is 0 Å². The number of hydrogen-bond donors (Lipinski definition) is 2. The van der Waals surface area contributed by atoms with Crippen LogP contribution in [-0.2, 0) is 4.79 Å². The SMILES string of the molecule is O=C(N[C@H]1CCCNC1)C1CCCN(C(=O)N2CCCC2)C1. The van der Waals surface area contributed by atoms with Crippen molar-refractivity contribution < 1.29 is 9.59 Å². The molecule has 0 aromatic heterocycles. The van der Waals surface area contributed by atoms with Gasteiger partial charge in [-0.3, -0.25) is 4.79 Å². The van der Waals surface area contributed by atoms with Crippen molar-refractivity contribution in [3.05, 3.63) is 0 Å². The number of amides is 3. The highest BCUT2D eigenvalue weighted by molar-refractivity contribution is 5.81. The lowest BCUT2D eigenvalue weighted by molar-refractivity contribution is -0.127. The molecule has 3 aliphatic heterocycles. The zero-order valence-electron chi connectivity index (χ0n) is 13.4. The van der Waals surface area contributed by atoms with Gasteiger partial charge in [0.2, 0.25) is 5.91 Å². The Morgan fingerprint density at radius 3 is 2.45 bits per heavy atom. The van der Waals surface area contributed by atoms with Crippen LogP contribution in [0.4, 0.5) is 4.79 Å². The zero-order chi connectivity index (χ0) is 15.4. The van der Waals surface area contributed by atoms with E-state index >= 15 is 0 Å². The quantitative estimate of drug-likeness (QED) is 0.792. The van der Waals surface area contributed by atoms with Gasteiger partial charge in [0, 0.05) is 38.8 Å². The van der Waals surface area contributed by atoms with Gasteiger partial charge in [-0.05, 0) is 45.1 Å². The summed E-state index contributed by atoms with van der Waals surface area (Å²) in [6.07, 6.45) is 6.23. The van der Waals surface area contributed by atoms with Gasteiger partial charge in [-0.15, -0.1) is 0 Å². The molecule has 0 bridgehead atoms. The van der Waals surface area contributed by atoms with Crippen LogP contribution >= 0.6 is 0 Å². The van der Waals surface area contributed by atoms with Crippen molar-refractivity contribution in [2.75, 3.05) is 39.3 Å². The van der Waals surface area contributed by atoms with Crippen LogP contribution in [0.25, 0.3) is 0 Å². The van der Waals surface area contributed by atoms with Gasteiger partial charge in [0.15, 0.2) is 0 Å². The van der Waals surface area contributed by atoms with E-state index in [0.29, 0.717) is 6.54 Å². The zero-order valence-corrected chi connectivity index (χ0v) is 13.4. The third-order valence-electron chi connectivity index (χ3n) is 5.08. The second kappa shape index (κ2) is 7.31. The van der Waals surface area contributed by atoms with Gasteiger partial charge in [0.05, 0.1) is 5.92 Å². The molecule has 2 atom stereocenters. The summed E-state index contributed by atoms with van der Waals surface area (Å²) in [7, 11) is 0. The first-order valence-electron chi connectivity index (χ1n) is 8.79. The van der Waals surface area contributed by atoms with Crippen LogP contribution in [0.3, 0.4) is 0 Å². The van der Waals surface area contributed by atoms with Crippen molar-refractivity contribution >= 4 is 11.9 Å². The molecule has 3 fully saturated rings. The lowest BCUT2D eigenvalue weighted by atomic mass is 9.96. The van der Waals surface area contributed by atoms with Crippen LogP contribution in [0.1, 0.15) is 38.5 Å². The topological polar surface area (TPSA) is 64.7 Å². The maximum absolute atomic E-state index is 12.5. The smallest absolute Gasteiger partial charge is 0.320 e. The monoisotopic (exact) mass is 308 g/mol. The Kier molecular flexibility index (Phi) is 5.18. The molecule has 0 spiro atoms. The summed E-state index contributed by atoms with van der Waals surface area (Å²) in [5.41, 5.74) is 0. The Morgan fingerprint density at radius 1 is 0.955 bits per heavy atom. The standard InChI is InChI=1S/C16H28N4O2/c21-15(18-14-6-3-7-17-11-14)13-5-4-10-20(12-13)16(22)19-8-1-2-9-19/h13-14,17H,1-12H2,(H,18,21)/t13?,14-/m0/s1. The average Bonchev–Trinajstić information content (AvgIpc) is 3.09. The molecule has 0 saturated carbocycles. The highest BCUT2D eigenvalue weighted by Gasteiger charge is 2.32. The van der Waals surface area contributed by atoms with Crippen molar-refractivity contribution in [3.8, 4) is 0 Å². The summed E-state index contributed by atoms with van der Waals surface area (Å²) >= 11 is 0. The molecule has 3 heterocycles. The fourth-order valence-corrected chi connectivity index (χ4v) is 3.77. The lowest BCUT2D eigenvalue weighted by Crippen LogP contribution is -2.52. The number of hydrogen-bond acceptors (Lipinski definition) is 3.